The van der Waals surface area contributed by atoms with Gasteiger partial charge in [-0.25, -0.2) is 8.42 Å². The summed E-state index contributed by atoms with van der Waals surface area (Å²) >= 11 is 11.8. The summed E-state index contributed by atoms with van der Waals surface area (Å²) in [6.07, 6.45) is 0.181. The van der Waals surface area contributed by atoms with Crippen LogP contribution in [0.5, 0.6) is 0 Å². The molecule has 0 radical (unpaired) electrons. The summed E-state index contributed by atoms with van der Waals surface area (Å²) in [7, 11) is -3.94. The molecule has 2 N–H and O–H groups in total. The van der Waals surface area contributed by atoms with Crippen LogP contribution in [0.25, 0.3) is 0 Å². The van der Waals surface area contributed by atoms with Crippen molar-refractivity contribution in [3.63, 3.8) is 0 Å². The van der Waals surface area contributed by atoms with Crippen LogP contribution >= 0.6 is 23.2 Å². The number of carbonyl (C=O) groups excluding carboxylic acids is 1. The van der Waals surface area contributed by atoms with E-state index in [0.29, 0.717) is 15.7 Å². The molecular formula is C21H18Cl2N2O3S. The smallest absolute Gasteiger partial charge is 0.242 e. The number of anilines is 1. The van der Waals surface area contributed by atoms with Crippen LogP contribution in [0.2, 0.25) is 10.0 Å². The standard InChI is InChI=1S/C21H18Cl2N2O3S/c22-16-9-11-19(12-10-16)29(27,28)25-20(13-15-5-2-1-3-6-15)21(26)24-18-8-4-7-17(23)14-18/h1-12,14,20,25H,13H2,(H,24,26). The van der Waals surface area contributed by atoms with Crippen molar-refractivity contribution < 1.29 is 13.2 Å². The van der Waals surface area contributed by atoms with Crippen molar-refractivity contribution in [2.24, 2.45) is 0 Å². The molecule has 0 saturated carbocycles. The van der Waals surface area contributed by atoms with Crippen molar-refractivity contribution in [1.82, 2.24) is 4.72 Å². The van der Waals surface area contributed by atoms with Gasteiger partial charge in [0.15, 0.2) is 0 Å². The molecule has 8 heteroatoms. The fourth-order valence-electron chi connectivity index (χ4n) is 2.70. The molecule has 3 aromatic rings. The summed E-state index contributed by atoms with van der Waals surface area (Å²) in [5.41, 5.74) is 1.30. The Labute approximate surface area is 179 Å². The predicted octanol–water partition coefficient (Wildman–Crippen LogP) is 4.52. The molecule has 0 saturated heterocycles. The number of amides is 1. The van der Waals surface area contributed by atoms with Gasteiger partial charge in [-0.1, -0.05) is 59.6 Å². The molecule has 1 amide bonds. The first-order valence-corrected chi connectivity index (χ1v) is 11.0. The molecule has 0 aromatic heterocycles. The lowest BCUT2D eigenvalue weighted by Gasteiger charge is -2.19. The maximum atomic E-state index is 12.9. The molecule has 1 atom stereocenters. The molecule has 0 spiro atoms. The highest BCUT2D eigenvalue weighted by Gasteiger charge is 2.26. The van der Waals surface area contributed by atoms with Crippen molar-refractivity contribution in [2.75, 3.05) is 5.32 Å². The molecular weight excluding hydrogens is 431 g/mol. The first kappa shape index (κ1) is 21.3. The number of carbonyl (C=O) groups is 1. The van der Waals surface area contributed by atoms with Crippen molar-refractivity contribution in [3.05, 3.63) is 94.5 Å². The van der Waals surface area contributed by atoms with Crippen LogP contribution in [0.4, 0.5) is 5.69 Å². The minimum absolute atomic E-state index is 0.0236. The first-order valence-electron chi connectivity index (χ1n) is 8.72. The Balaban J connectivity index is 1.85. The average molecular weight is 449 g/mol. The number of benzene rings is 3. The van der Waals surface area contributed by atoms with E-state index in [0.717, 1.165) is 5.56 Å². The van der Waals surface area contributed by atoms with Gasteiger partial charge in [0, 0.05) is 15.7 Å². The Hall–Kier alpha value is -2.38. The van der Waals surface area contributed by atoms with Gasteiger partial charge in [-0.15, -0.1) is 0 Å². The Kier molecular flexibility index (Phi) is 6.92. The highest BCUT2D eigenvalue weighted by atomic mass is 35.5. The zero-order valence-corrected chi connectivity index (χ0v) is 17.5. The molecule has 1 unspecified atom stereocenters. The Morgan fingerprint density at radius 2 is 1.55 bits per heavy atom. The highest BCUT2D eigenvalue weighted by Crippen LogP contribution is 2.18. The van der Waals surface area contributed by atoms with Gasteiger partial charge in [0.1, 0.15) is 6.04 Å². The third-order valence-corrected chi connectivity index (χ3v) is 6.09. The third kappa shape index (κ3) is 6.05. The number of hydrogen-bond acceptors (Lipinski definition) is 3. The monoisotopic (exact) mass is 448 g/mol. The third-order valence-electron chi connectivity index (χ3n) is 4.11. The lowest BCUT2D eigenvalue weighted by Crippen LogP contribution is -2.45. The Morgan fingerprint density at radius 3 is 2.21 bits per heavy atom. The minimum atomic E-state index is -3.94. The van der Waals surface area contributed by atoms with Crippen LogP contribution in [0.15, 0.2) is 83.8 Å². The summed E-state index contributed by atoms with van der Waals surface area (Å²) < 4.78 is 28.1. The van der Waals surface area contributed by atoms with Gasteiger partial charge in [0.25, 0.3) is 0 Å². The van der Waals surface area contributed by atoms with Gasteiger partial charge >= 0.3 is 0 Å². The van der Waals surface area contributed by atoms with Gasteiger partial charge in [0.2, 0.25) is 15.9 Å². The zero-order chi connectivity index (χ0) is 20.9. The van der Waals surface area contributed by atoms with Crippen LogP contribution < -0.4 is 10.0 Å². The number of nitrogens with one attached hydrogen (secondary N) is 2. The van der Waals surface area contributed by atoms with Gasteiger partial charge < -0.3 is 5.32 Å². The van der Waals surface area contributed by atoms with E-state index < -0.39 is 22.0 Å². The minimum Gasteiger partial charge on any atom is -0.325 e. The second-order valence-electron chi connectivity index (χ2n) is 6.32. The SMILES string of the molecule is O=C(Nc1cccc(Cl)c1)C(Cc1ccccc1)NS(=O)(=O)c1ccc(Cl)cc1. The molecule has 0 heterocycles. The average Bonchev–Trinajstić information content (AvgIpc) is 2.68. The Bertz CT molecular complexity index is 1090. The second kappa shape index (κ2) is 9.41. The van der Waals surface area contributed by atoms with Crippen LogP contribution in [0.3, 0.4) is 0 Å². The largest absolute Gasteiger partial charge is 0.325 e. The molecule has 0 aliphatic heterocycles. The van der Waals surface area contributed by atoms with Crippen molar-refractivity contribution in [3.8, 4) is 0 Å². The number of halogens is 2. The van der Waals surface area contributed by atoms with Crippen LogP contribution in [0, 0.1) is 0 Å². The summed E-state index contributed by atoms with van der Waals surface area (Å²) in [5.74, 6) is -0.492. The van der Waals surface area contributed by atoms with E-state index in [-0.39, 0.29) is 11.3 Å². The van der Waals surface area contributed by atoms with E-state index in [4.69, 9.17) is 23.2 Å². The molecule has 0 fully saturated rings. The second-order valence-corrected chi connectivity index (χ2v) is 8.90. The quantitative estimate of drug-likeness (QED) is 0.557. The molecule has 3 aromatic carbocycles. The number of hydrogen-bond donors (Lipinski definition) is 2. The van der Waals surface area contributed by atoms with Crippen molar-refractivity contribution in [2.45, 2.75) is 17.4 Å². The summed E-state index contributed by atoms with van der Waals surface area (Å²) in [5, 5.41) is 3.60. The number of sulfonamides is 1. The molecule has 5 nitrogen and oxygen atoms in total. The predicted molar refractivity (Wildman–Crippen MR) is 116 cm³/mol. The van der Waals surface area contributed by atoms with E-state index >= 15 is 0 Å². The van der Waals surface area contributed by atoms with E-state index in [1.807, 2.05) is 30.3 Å². The highest BCUT2D eigenvalue weighted by molar-refractivity contribution is 7.89. The summed E-state index contributed by atoms with van der Waals surface area (Å²) in [6, 6.07) is 20.5. The van der Waals surface area contributed by atoms with Crippen LogP contribution in [-0.2, 0) is 21.2 Å². The molecule has 0 bridgehead atoms. The van der Waals surface area contributed by atoms with Crippen LogP contribution in [0.1, 0.15) is 5.56 Å². The van der Waals surface area contributed by atoms with E-state index in [1.54, 1.807) is 24.3 Å². The van der Waals surface area contributed by atoms with Gasteiger partial charge in [-0.05, 0) is 54.4 Å². The topological polar surface area (TPSA) is 75.3 Å². The van der Waals surface area contributed by atoms with Gasteiger partial charge in [-0.3, -0.25) is 4.79 Å². The molecule has 29 heavy (non-hydrogen) atoms. The summed E-state index contributed by atoms with van der Waals surface area (Å²) in [6.45, 7) is 0. The van der Waals surface area contributed by atoms with Gasteiger partial charge in [-0.2, -0.15) is 4.72 Å². The fraction of sp³-hybridized carbons (Fsp3) is 0.0952. The van der Waals surface area contributed by atoms with Crippen LogP contribution in [-0.4, -0.2) is 20.4 Å². The van der Waals surface area contributed by atoms with E-state index in [2.05, 4.69) is 10.0 Å². The zero-order valence-electron chi connectivity index (χ0n) is 15.2. The lowest BCUT2D eigenvalue weighted by molar-refractivity contribution is -0.117. The molecule has 0 aliphatic rings. The molecule has 0 aliphatic carbocycles. The summed E-state index contributed by atoms with van der Waals surface area (Å²) in [4.78, 5) is 12.9. The van der Waals surface area contributed by atoms with E-state index in [9.17, 15) is 13.2 Å². The fourth-order valence-corrected chi connectivity index (χ4v) is 4.21. The van der Waals surface area contributed by atoms with E-state index in [1.165, 1.54) is 24.3 Å². The first-order chi connectivity index (χ1) is 13.8. The van der Waals surface area contributed by atoms with Crippen molar-refractivity contribution >= 4 is 44.8 Å². The van der Waals surface area contributed by atoms with Gasteiger partial charge in [0.05, 0.1) is 4.90 Å². The normalized spacial score (nSPS) is 12.3. The number of rotatable bonds is 7. The molecule has 3 rings (SSSR count). The maximum absolute atomic E-state index is 12.9. The maximum Gasteiger partial charge on any atom is 0.242 e. The lowest BCUT2D eigenvalue weighted by atomic mass is 10.1. The van der Waals surface area contributed by atoms with Crippen molar-refractivity contribution in [1.29, 1.82) is 0 Å². The molecule has 150 valence electrons. The Morgan fingerprint density at radius 1 is 0.862 bits per heavy atom.